The smallest absolute Gasteiger partial charge is 0.347 e. The highest BCUT2D eigenvalue weighted by atomic mass is 32.1. The fraction of sp³-hybridized carbons (Fsp3) is 0. The summed E-state index contributed by atoms with van der Waals surface area (Å²) in [6.45, 7) is 0. The van der Waals surface area contributed by atoms with Crippen molar-refractivity contribution in [3.8, 4) is 11.3 Å². The predicted octanol–water partition coefficient (Wildman–Crippen LogP) is 4.41. The minimum atomic E-state index is -0.992. The third-order valence-corrected chi connectivity index (χ3v) is 3.83. The zero-order valence-corrected chi connectivity index (χ0v) is 12.0. The number of halogens is 1. The first kappa shape index (κ1) is 14.2. The lowest BCUT2D eigenvalue weighted by atomic mass is 10.2. The van der Waals surface area contributed by atoms with Crippen molar-refractivity contribution in [2.75, 3.05) is 0 Å². The molecule has 0 fully saturated rings. The Kier molecular flexibility index (Phi) is 3.84. The summed E-state index contributed by atoms with van der Waals surface area (Å²) in [5, 5.41) is 9.41. The summed E-state index contributed by atoms with van der Waals surface area (Å²) in [5.41, 5.74) is 0.781. The van der Waals surface area contributed by atoms with Crippen LogP contribution in [0.1, 0.15) is 20.4 Å². The summed E-state index contributed by atoms with van der Waals surface area (Å²) in [6, 6.07) is 9.59. The number of carbonyl (C=O) groups is 1. The number of carboxylic acid groups (broad SMARTS) is 1. The molecule has 0 radical (unpaired) electrons. The molecule has 0 unspecified atom stereocenters. The van der Waals surface area contributed by atoms with Gasteiger partial charge in [0.05, 0.1) is 6.20 Å². The molecule has 0 saturated heterocycles. The Labute approximate surface area is 129 Å². The van der Waals surface area contributed by atoms with Crippen LogP contribution in [0.3, 0.4) is 0 Å². The number of nitrogens with zero attached hydrogens (tertiary/aromatic N) is 1. The Hall–Kier alpha value is -2.73. The Balaban J connectivity index is 1.77. The minimum Gasteiger partial charge on any atom is -0.477 e. The lowest BCUT2D eigenvalue weighted by Crippen LogP contribution is -1.89. The molecule has 2 heterocycles. The molecule has 4 nitrogen and oxygen atoms in total. The van der Waals surface area contributed by atoms with Gasteiger partial charge in [0.15, 0.2) is 0 Å². The summed E-state index contributed by atoms with van der Waals surface area (Å²) in [4.78, 5) is 15.0. The summed E-state index contributed by atoms with van der Waals surface area (Å²) in [6.07, 6.45) is 4.71. The number of thiazole rings is 1. The van der Waals surface area contributed by atoms with E-state index in [1.54, 1.807) is 36.4 Å². The van der Waals surface area contributed by atoms with Gasteiger partial charge in [-0.05, 0) is 48.6 Å². The van der Waals surface area contributed by atoms with Crippen molar-refractivity contribution in [2.45, 2.75) is 0 Å². The molecule has 0 spiro atoms. The van der Waals surface area contributed by atoms with E-state index in [2.05, 4.69) is 4.98 Å². The second-order valence-electron chi connectivity index (χ2n) is 4.41. The molecule has 0 saturated carbocycles. The van der Waals surface area contributed by atoms with E-state index in [0.717, 1.165) is 16.9 Å². The third kappa shape index (κ3) is 3.12. The molecule has 6 heteroatoms. The maximum atomic E-state index is 12.9. The van der Waals surface area contributed by atoms with E-state index < -0.39 is 5.97 Å². The number of rotatable bonds is 4. The van der Waals surface area contributed by atoms with Crippen LogP contribution in [0.25, 0.3) is 23.5 Å². The zero-order chi connectivity index (χ0) is 15.5. The van der Waals surface area contributed by atoms with Gasteiger partial charge in [-0.1, -0.05) is 0 Å². The lowest BCUT2D eigenvalue weighted by Gasteiger charge is -1.95. The van der Waals surface area contributed by atoms with Crippen molar-refractivity contribution in [1.82, 2.24) is 4.98 Å². The van der Waals surface area contributed by atoms with Gasteiger partial charge in [0.25, 0.3) is 0 Å². The van der Waals surface area contributed by atoms with Gasteiger partial charge in [-0.25, -0.2) is 14.2 Å². The van der Waals surface area contributed by atoms with E-state index in [0.29, 0.717) is 16.5 Å². The largest absolute Gasteiger partial charge is 0.477 e. The van der Waals surface area contributed by atoms with E-state index in [9.17, 15) is 9.18 Å². The molecule has 3 rings (SSSR count). The Morgan fingerprint density at radius 3 is 2.64 bits per heavy atom. The van der Waals surface area contributed by atoms with Gasteiger partial charge in [0.1, 0.15) is 27.2 Å². The predicted molar refractivity (Wildman–Crippen MR) is 82.1 cm³/mol. The van der Waals surface area contributed by atoms with Crippen molar-refractivity contribution in [1.29, 1.82) is 0 Å². The highest BCUT2D eigenvalue weighted by molar-refractivity contribution is 7.14. The van der Waals surface area contributed by atoms with Crippen LogP contribution in [-0.2, 0) is 0 Å². The topological polar surface area (TPSA) is 63.3 Å². The average molecular weight is 315 g/mol. The zero-order valence-electron chi connectivity index (χ0n) is 11.2. The molecule has 1 N–H and O–H groups in total. The molecular formula is C16H10FNO3S. The maximum Gasteiger partial charge on any atom is 0.347 e. The molecule has 0 atom stereocenters. The Morgan fingerprint density at radius 2 is 1.95 bits per heavy atom. The summed E-state index contributed by atoms with van der Waals surface area (Å²) >= 11 is 1.08. The fourth-order valence-electron chi connectivity index (χ4n) is 1.83. The number of furan rings is 1. The van der Waals surface area contributed by atoms with Crippen molar-refractivity contribution >= 4 is 29.5 Å². The summed E-state index contributed by atoms with van der Waals surface area (Å²) in [7, 11) is 0. The van der Waals surface area contributed by atoms with Gasteiger partial charge >= 0.3 is 5.97 Å². The standard InChI is InChI=1S/C16H10FNO3S/c17-11-3-1-10(2-4-11)13-7-5-12(21-13)6-8-15-18-9-14(22-15)16(19)20/h1-9H,(H,19,20)/b8-6+. The monoisotopic (exact) mass is 315 g/mol. The van der Waals surface area contributed by atoms with Crippen molar-refractivity contribution in [2.24, 2.45) is 0 Å². The van der Waals surface area contributed by atoms with Gasteiger partial charge in [0.2, 0.25) is 0 Å². The van der Waals surface area contributed by atoms with Crippen LogP contribution in [0.15, 0.2) is 47.0 Å². The SMILES string of the molecule is O=C(O)c1cnc(/C=C/c2ccc(-c3ccc(F)cc3)o2)s1. The van der Waals surface area contributed by atoms with E-state index in [1.165, 1.54) is 18.3 Å². The highest BCUT2D eigenvalue weighted by Crippen LogP contribution is 2.24. The number of aromatic nitrogens is 1. The van der Waals surface area contributed by atoms with Crippen LogP contribution in [0.5, 0.6) is 0 Å². The first-order chi connectivity index (χ1) is 10.6. The van der Waals surface area contributed by atoms with Gasteiger partial charge < -0.3 is 9.52 Å². The van der Waals surface area contributed by atoms with Crippen molar-refractivity contribution in [3.05, 3.63) is 64.1 Å². The molecular weight excluding hydrogens is 305 g/mol. The quantitative estimate of drug-likeness (QED) is 0.774. The van der Waals surface area contributed by atoms with Crippen molar-refractivity contribution < 1.29 is 18.7 Å². The number of aromatic carboxylic acids is 1. The molecule has 0 amide bonds. The van der Waals surface area contributed by atoms with E-state index in [-0.39, 0.29) is 10.7 Å². The van der Waals surface area contributed by atoms with Crippen LogP contribution in [0.2, 0.25) is 0 Å². The molecule has 2 aromatic heterocycles. The number of hydrogen-bond acceptors (Lipinski definition) is 4. The Morgan fingerprint density at radius 1 is 1.18 bits per heavy atom. The minimum absolute atomic E-state index is 0.186. The maximum absolute atomic E-state index is 12.9. The van der Waals surface area contributed by atoms with Crippen molar-refractivity contribution in [3.63, 3.8) is 0 Å². The van der Waals surface area contributed by atoms with Crippen LogP contribution >= 0.6 is 11.3 Å². The van der Waals surface area contributed by atoms with Gasteiger partial charge in [-0.15, -0.1) is 11.3 Å². The molecule has 0 aliphatic carbocycles. The summed E-state index contributed by atoms with van der Waals surface area (Å²) in [5.74, 6) is -0.0569. The van der Waals surface area contributed by atoms with Crippen LogP contribution in [0, 0.1) is 5.82 Å². The molecule has 1 aromatic carbocycles. The second kappa shape index (κ2) is 5.95. The first-order valence-electron chi connectivity index (χ1n) is 6.35. The first-order valence-corrected chi connectivity index (χ1v) is 7.16. The molecule has 0 bridgehead atoms. The average Bonchev–Trinajstić information content (AvgIpc) is 3.15. The Bertz CT molecular complexity index is 833. The molecule has 0 aliphatic rings. The number of carboxylic acids is 1. The van der Waals surface area contributed by atoms with E-state index in [4.69, 9.17) is 9.52 Å². The summed E-state index contributed by atoms with van der Waals surface area (Å²) < 4.78 is 18.5. The van der Waals surface area contributed by atoms with Crippen LogP contribution in [0.4, 0.5) is 4.39 Å². The molecule has 110 valence electrons. The molecule has 3 aromatic rings. The van der Waals surface area contributed by atoms with Gasteiger partial charge in [-0.3, -0.25) is 0 Å². The lowest BCUT2D eigenvalue weighted by molar-refractivity contribution is 0.0702. The van der Waals surface area contributed by atoms with Crippen LogP contribution in [-0.4, -0.2) is 16.1 Å². The van der Waals surface area contributed by atoms with Gasteiger partial charge in [0, 0.05) is 5.56 Å². The van der Waals surface area contributed by atoms with E-state index in [1.807, 2.05) is 0 Å². The molecule has 22 heavy (non-hydrogen) atoms. The normalized spacial score (nSPS) is 11.1. The highest BCUT2D eigenvalue weighted by Gasteiger charge is 2.07. The third-order valence-electron chi connectivity index (χ3n) is 2.88. The second-order valence-corrected chi connectivity index (χ2v) is 5.47. The van der Waals surface area contributed by atoms with E-state index >= 15 is 0 Å². The van der Waals surface area contributed by atoms with Gasteiger partial charge in [-0.2, -0.15) is 0 Å². The van der Waals surface area contributed by atoms with Crippen LogP contribution < -0.4 is 0 Å². The molecule has 0 aliphatic heterocycles. The fourth-order valence-corrected chi connectivity index (χ4v) is 2.49. The number of hydrogen-bond donors (Lipinski definition) is 1. The number of benzene rings is 1.